The molecule has 5 heterocycles. The van der Waals surface area contributed by atoms with Crippen molar-refractivity contribution in [3.63, 3.8) is 0 Å². The molecule has 9 nitrogen and oxygen atoms in total. The van der Waals surface area contributed by atoms with Gasteiger partial charge in [-0.25, -0.2) is 0 Å². The maximum atomic E-state index is 4.43. The average Bonchev–Trinajstić information content (AvgIpc) is 2.86. The molecule has 0 aliphatic carbocycles. The van der Waals surface area contributed by atoms with E-state index >= 15 is 0 Å². The topological polar surface area (TPSA) is 114 Å². The van der Waals surface area contributed by atoms with Crippen molar-refractivity contribution < 1.29 is 0 Å². The van der Waals surface area contributed by atoms with Gasteiger partial charge in [-0.1, -0.05) is 5.22 Å². The molecule has 0 fully saturated rings. The van der Waals surface area contributed by atoms with Crippen LogP contribution in [0.2, 0.25) is 0 Å². The summed E-state index contributed by atoms with van der Waals surface area (Å²) in [5.74, 6) is 0.422. The molecule has 0 bridgehead atoms. The minimum Gasteiger partial charge on any atom is -0.265 e. The summed E-state index contributed by atoms with van der Waals surface area (Å²) in [6.07, 6.45) is 10.6. The number of nitrogens with zero attached hydrogens (tertiary/aromatic N) is 8. The van der Waals surface area contributed by atoms with Gasteiger partial charge in [0, 0.05) is 53.9 Å². The van der Waals surface area contributed by atoms with Gasteiger partial charge in [0.1, 0.15) is 5.52 Å². The second-order valence-electron chi connectivity index (χ2n) is 6.86. The third kappa shape index (κ3) is 2.71. The van der Waals surface area contributed by atoms with Crippen molar-refractivity contribution in [3.05, 3.63) is 73.6 Å². The van der Waals surface area contributed by atoms with Gasteiger partial charge >= 0.3 is 0 Å². The normalized spacial score (nSPS) is 12.0. The summed E-state index contributed by atoms with van der Waals surface area (Å²) in [5.41, 5.74) is 10.3. The molecule has 0 radical (unpaired) electrons. The molecule has 0 spiro atoms. The van der Waals surface area contributed by atoms with Crippen molar-refractivity contribution in [2.75, 3.05) is 5.43 Å². The van der Waals surface area contributed by atoms with Crippen LogP contribution in [0.5, 0.6) is 0 Å². The molecule has 31 heavy (non-hydrogen) atoms. The van der Waals surface area contributed by atoms with Gasteiger partial charge in [-0.3, -0.25) is 20.4 Å². The fourth-order valence-electron chi connectivity index (χ4n) is 3.93. The SMILES string of the molecule is c1cc(-c2c(-c3ccncc3)c3c4c(nnnc4c2-c2ccncc2)N=NN3)ccn1. The molecule has 1 aromatic carbocycles. The maximum absolute atomic E-state index is 4.43. The molecule has 0 amide bonds. The van der Waals surface area contributed by atoms with E-state index in [-0.39, 0.29) is 0 Å². The van der Waals surface area contributed by atoms with Gasteiger partial charge < -0.3 is 0 Å². The van der Waals surface area contributed by atoms with Crippen LogP contribution in [0.25, 0.3) is 44.3 Å². The number of benzene rings is 1. The summed E-state index contributed by atoms with van der Waals surface area (Å²) in [7, 11) is 0. The van der Waals surface area contributed by atoms with Crippen LogP contribution in [0.15, 0.2) is 83.9 Å². The van der Waals surface area contributed by atoms with Crippen LogP contribution >= 0.6 is 0 Å². The van der Waals surface area contributed by atoms with Crippen molar-refractivity contribution in [1.82, 2.24) is 30.4 Å². The van der Waals surface area contributed by atoms with Gasteiger partial charge in [0.25, 0.3) is 0 Å². The van der Waals surface area contributed by atoms with Crippen molar-refractivity contribution in [2.45, 2.75) is 0 Å². The van der Waals surface area contributed by atoms with Crippen molar-refractivity contribution in [3.8, 4) is 33.4 Å². The highest BCUT2D eigenvalue weighted by Gasteiger charge is 2.27. The predicted octanol–water partition coefficient (Wildman–Crippen LogP) is 4.64. The van der Waals surface area contributed by atoms with Crippen molar-refractivity contribution >= 4 is 22.4 Å². The van der Waals surface area contributed by atoms with E-state index in [0.717, 1.165) is 44.5 Å². The Morgan fingerprint density at radius 2 is 1.13 bits per heavy atom. The van der Waals surface area contributed by atoms with E-state index in [1.807, 2.05) is 36.4 Å². The van der Waals surface area contributed by atoms with E-state index in [0.29, 0.717) is 11.3 Å². The quantitative estimate of drug-likeness (QED) is 0.467. The molecule has 0 saturated carbocycles. The molecule has 9 heteroatoms. The molecule has 146 valence electrons. The van der Waals surface area contributed by atoms with E-state index in [2.05, 4.69) is 46.1 Å². The number of nitrogens with one attached hydrogen (secondary N) is 1. The summed E-state index contributed by atoms with van der Waals surface area (Å²) in [6.45, 7) is 0. The molecule has 0 unspecified atom stereocenters. The predicted molar refractivity (Wildman–Crippen MR) is 115 cm³/mol. The maximum Gasteiger partial charge on any atom is 0.211 e. The average molecular weight is 403 g/mol. The molecule has 1 N–H and O–H groups in total. The Morgan fingerprint density at radius 3 is 1.74 bits per heavy atom. The number of hydrogen-bond donors (Lipinski definition) is 1. The third-order valence-corrected chi connectivity index (χ3v) is 5.19. The smallest absolute Gasteiger partial charge is 0.211 e. The third-order valence-electron chi connectivity index (χ3n) is 5.19. The van der Waals surface area contributed by atoms with Crippen LogP contribution in [-0.2, 0) is 0 Å². The van der Waals surface area contributed by atoms with Gasteiger partial charge in [0.15, 0.2) is 0 Å². The Balaban J connectivity index is 1.88. The molecule has 6 rings (SSSR count). The zero-order valence-corrected chi connectivity index (χ0v) is 16.0. The molecule has 5 aromatic rings. The highest BCUT2D eigenvalue weighted by Crippen LogP contribution is 2.51. The first-order valence-electron chi connectivity index (χ1n) is 9.53. The first kappa shape index (κ1) is 17.2. The minimum atomic E-state index is 0.422. The Hall–Kier alpha value is -4.66. The van der Waals surface area contributed by atoms with Crippen LogP contribution in [-0.4, -0.2) is 30.4 Å². The van der Waals surface area contributed by atoms with Gasteiger partial charge in [0.05, 0.1) is 11.1 Å². The van der Waals surface area contributed by atoms with E-state index in [4.69, 9.17) is 0 Å². The lowest BCUT2D eigenvalue weighted by Crippen LogP contribution is -2.05. The number of pyridine rings is 3. The fraction of sp³-hybridized carbons (Fsp3) is 0. The van der Waals surface area contributed by atoms with Crippen LogP contribution in [0.4, 0.5) is 11.5 Å². The Kier molecular flexibility index (Phi) is 3.88. The zero-order valence-electron chi connectivity index (χ0n) is 16.0. The summed E-state index contributed by atoms with van der Waals surface area (Å²) in [5, 5.41) is 21.5. The van der Waals surface area contributed by atoms with E-state index in [1.165, 1.54) is 0 Å². The number of rotatable bonds is 3. The molecular weight excluding hydrogens is 390 g/mol. The van der Waals surface area contributed by atoms with Gasteiger partial charge in [-0.2, -0.15) is 0 Å². The van der Waals surface area contributed by atoms with E-state index in [1.54, 1.807) is 37.2 Å². The van der Waals surface area contributed by atoms with Crippen LogP contribution < -0.4 is 5.43 Å². The summed E-state index contributed by atoms with van der Waals surface area (Å²) >= 11 is 0. The monoisotopic (exact) mass is 403 g/mol. The molecule has 1 aliphatic heterocycles. The van der Waals surface area contributed by atoms with Crippen molar-refractivity contribution in [1.29, 1.82) is 0 Å². The summed E-state index contributed by atoms with van der Waals surface area (Å²) in [4.78, 5) is 12.6. The molecule has 0 atom stereocenters. The lowest BCUT2D eigenvalue weighted by Gasteiger charge is -2.23. The second kappa shape index (κ2) is 6.99. The highest BCUT2D eigenvalue weighted by atomic mass is 15.5. The lowest BCUT2D eigenvalue weighted by molar-refractivity contribution is 0.879. The van der Waals surface area contributed by atoms with Crippen LogP contribution in [0, 0.1) is 0 Å². The largest absolute Gasteiger partial charge is 0.265 e. The first-order chi connectivity index (χ1) is 15.4. The standard InChI is InChI=1S/C22H13N9/c1-7-23-8-2-13(1)16-17(14-3-9-24-10-4-14)20-19-21(18(16)15-5-11-25-12-6-15)27-31-29-22(19)28-30-26-20/h1-12H,(H,26,27,28,29). The Labute approximate surface area is 176 Å². The molecule has 1 aliphatic rings. The number of hydrogen-bond acceptors (Lipinski definition) is 9. The second-order valence-corrected chi connectivity index (χ2v) is 6.86. The molecule has 0 saturated heterocycles. The van der Waals surface area contributed by atoms with Gasteiger partial charge in [0.2, 0.25) is 5.82 Å². The van der Waals surface area contributed by atoms with E-state index in [9.17, 15) is 0 Å². The lowest BCUT2D eigenvalue weighted by atomic mass is 9.85. The van der Waals surface area contributed by atoms with Crippen LogP contribution in [0.1, 0.15) is 0 Å². The minimum absolute atomic E-state index is 0.422. The summed E-state index contributed by atoms with van der Waals surface area (Å²) < 4.78 is 0. The number of anilines is 1. The Morgan fingerprint density at radius 1 is 0.581 bits per heavy atom. The van der Waals surface area contributed by atoms with Gasteiger partial charge in [-0.15, -0.1) is 15.3 Å². The number of aromatic nitrogens is 6. The Bertz CT molecular complexity index is 1440. The molecular formula is C22H13N9. The first-order valence-corrected chi connectivity index (χ1v) is 9.53. The van der Waals surface area contributed by atoms with Crippen molar-refractivity contribution in [2.24, 2.45) is 10.3 Å². The van der Waals surface area contributed by atoms with Gasteiger partial charge in [-0.05, 0) is 58.3 Å². The summed E-state index contributed by atoms with van der Waals surface area (Å²) in [6, 6.07) is 11.8. The molecule has 4 aromatic heterocycles. The fourth-order valence-corrected chi connectivity index (χ4v) is 3.93. The van der Waals surface area contributed by atoms with Crippen LogP contribution in [0.3, 0.4) is 0 Å². The zero-order chi connectivity index (χ0) is 20.6. The highest BCUT2D eigenvalue weighted by molar-refractivity contribution is 6.18. The van der Waals surface area contributed by atoms with E-state index < -0.39 is 0 Å².